The summed E-state index contributed by atoms with van der Waals surface area (Å²) in [4.78, 5) is 33.8. The van der Waals surface area contributed by atoms with E-state index >= 15 is 0 Å². The van der Waals surface area contributed by atoms with Crippen LogP contribution >= 0.6 is 11.3 Å². The number of aliphatic hydroxyl groups is 1. The standard InChI is InChI=1S/C27H28N2O5S/c1-27(2,3)24(31)21-22(19-7-5-13-28-25(19)34-15-14-33-4)29(26(32)23(21)30)18-11-9-17(10-12-18)20-8-6-16-35-20/h5-13,16,22,30H,14-15H2,1-4H3. The van der Waals surface area contributed by atoms with Crippen LogP contribution in [0, 0.1) is 5.41 Å². The van der Waals surface area contributed by atoms with Gasteiger partial charge in [0.15, 0.2) is 11.5 Å². The minimum atomic E-state index is -0.895. The minimum Gasteiger partial charge on any atom is -0.503 e. The molecule has 0 aliphatic carbocycles. The molecular formula is C27H28N2O5S. The molecule has 0 saturated heterocycles. The molecule has 8 heteroatoms. The van der Waals surface area contributed by atoms with Crippen molar-refractivity contribution in [3.8, 4) is 16.3 Å². The number of anilines is 1. The lowest BCUT2D eigenvalue weighted by molar-refractivity contribution is -0.123. The van der Waals surface area contributed by atoms with Crippen LogP contribution in [0.15, 0.2) is 71.4 Å². The van der Waals surface area contributed by atoms with Gasteiger partial charge in [-0.1, -0.05) is 39.0 Å². The van der Waals surface area contributed by atoms with Crippen molar-refractivity contribution in [2.75, 3.05) is 25.2 Å². The number of pyridine rings is 1. The topological polar surface area (TPSA) is 89.0 Å². The first kappa shape index (κ1) is 24.6. The molecule has 0 bridgehead atoms. The number of hydrogen-bond acceptors (Lipinski definition) is 7. The monoisotopic (exact) mass is 492 g/mol. The fraction of sp³-hybridized carbons (Fsp3) is 0.296. The van der Waals surface area contributed by atoms with Gasteiger partial charge in [0.2, 0.25) is 5.88 Å². The summed E-state index contributed by atoms with van der Waals surface area (Å²) in [5.41, 5.74) is 1.29. The molecule has 3 aromatic rings. The van der Waals surface area contributed by atoms with Crippen LogP contribution in [0.5, 0.6) is 5.88 Å². The van der Waals surface area contributed by atoms with Crippen LogP contribution in [0.2, 0.25) is 0 Å². The van der Waals surface area contributed by atoms with Gasteiger partial charge in [0.25, 0.3) is 5.91 Å². The molecular weight excluding hydrogens is 464 g/mol. The average Bonchev–Trinajstić information content (AvgIpc) is 3.46. The molecule has 1 atom stereocenters. The van der Waals surface area contributed by atoms with Crippen LogP contribution in [-0.2, 0) is 14.3 Å². The Labute approximate surface area is 208 Å². The molecule has 1 aliphatic heterocycles. The molecule has 1 aromatic carbocycles. The number of carbonyl (C=O) groups excluding carboxylic acids is 2. The maximum atomic E-state index is 13.5. The highest BCUT2D eigenvalue weighted by Crippen LogP contribution is 2.45. The van der Waals surface area contributed by atoms with Gasteiger partial charge in [-0.15, -0.1) is 11.3 Å². The first-order valence-electron chi connectivity index (χ1n) is 11.3. The molecule has 1 unspecified atom stereocenters. The summed E-state index contributed by atoms with van der Waals surface area (Å²) >= 11 is 1.62. The lowest BCUT2D eigenvalue weighted by atomic mass is 9.82. The van der Waals surface area contributed by atoms with Gasteiger partial charge in [0.05, 0.1) is 12.2 Å². The van der Waals surface area contributed by atoms with E-state index in [-0.39, 0.29) is 23.8 Å². The van der Waals surface area contributed by atoms with Crippen LogP contribution in [0.4, 0.5) is 5.69 Å². The number of amides is 1. The van der Waals surface area contributed by atoms with E-state index in [0.29, 0.717) is 17.9 Å². The van der Waals surface area contributed by atoms with E-state index in [2.05, 4.69) is 4.98 Å². The number of thiophene rings is 1. The third-order valence-electron chi connectivity index (χ3n) is 5.71. The quantitative estimate of drug-likeness (QED) is 0.427. The molecule has 1 aliphatic rings. The van der Waals surface area contributed by atoms with Crippen molar-refractivity contribution in [1.82, 2.24) is 4.98 Å². The van der Waals surface area contributed by atoms with Gasteiger partial charge < -0.3 is 14.6 Å². The van der Waals surface area contributed by atoms with E-state index in [0.717, 1.165) is 10.4 Å². The fourth-order valence-electron chi connectivity index (χ4n) is 3.98. The zero-order valence-corrected chi connectivity index (χ0v) is 21.0. The zero-order chi connectivity index (χ0) is 25.2. The highest BCUT2D eigenvalue weighted by molar-refractivity contribution is 7.13. The number of ether oxygens (including phenoxy) is 2. The summed E-state index contributed by atoms with van der Waals surface area (Å²) in [6.45, 7) is 5.87. The third-order valence-corrected chi connectivity index (χ3v) is 6.63. The molecule has 0 radical (unpaired) electrons. The van der Waals surface area contributed by atoms with Gasteiger partial charge in [-0.25, -0.2) is 4.98 Å². The second-order valence-corrected chi connectivity index (χ2v) is 10.1. The van der Waals surface area contributed by atoms with Crippen LogP contribution in [0.1, 0.15) is 32.4 Å². The first-order valence-corrected chi connectivity index (χ1v) is 12.1. The Bertz CT molecular complexity index is 1240. The van der Waals surface area contributed by atoms with Crippen LogP contribution in [0.25, 0.3) is 10.4 Å². The Morgan fingerprint density at radius 2 is 1.86 bits per heavy atom. The minimum absolute atomic E-state index is 0.0365. The number of hydrogen-bond donors (Lipinski definition) is 1. The molecule has 7 nitrogen and oxygen atoms in total. The molecule has 3 heterocycles. The van der Waals surface area contributed by atoms with E-state index in [4.69, 9.17) is 9.47 Å². The number of Topliss-reactive ketones (excluding diaryl/α,β-unsaturated/α-hetero) is 1. The van der Waals surface area contributed by atoms with E-state index < -0.39 is 23.1 Å². The summed E-state index contributed by atoms with van der Waals surface area (Å²) in [5.74, 6) is -1.24. The SMILES string of the molecule is COCCOc1ncccc1C1C(C(=O)C(C)(C)C)=C(O)C(=O)N1c1ccc(-c2cccs2)cc1. The van der Waals surface area contributed by atoms with Crippen molar-refractivity contribution in [2.45, 2.75) is 26.8 Å². The Balaban J connectivity index is 1.82. The van der Waals surface area contributed by atoms with Crippen LogP contribution < -0.4 is 9.64 Å². The summed E-state index contributed by atoms with van der Waals surface area (Å²) in [7, 11) is 1.57. The van der Waals surface area contributed by atoms with Crippen molar-refractivity contribution in [1.29, 1.82) is 0 Å². The second kappa shape index (κ2) is 10.0. The molecule has 1 N–H and O–H groups in total. The van der Waals surface area contributed by atoms with Crippen molar-refractivity contribution >= 4 is 28.7 Å². The summed E-state index contributed by atoms with van der Waals surface area (Å²) in [6, 6.07) is 14.1. The van der Waals surface area contributed by atoms with Crippen molar-refractivity contribution in [3.63, 3.8) is 0 Å². The molecule has 0 saturated carbocycles. The predicted octanol–water partition coefficient (Wildman–Crippen LogP) is 5.35. The number of benzene rings is 1. The van der Waals surface area contributed by atoms with E-state index in [1.165, 1.54) is 4.90 Å². The largest absolute Gasteiger partial charge is 0.503 e. The molecule has 182 valence electrons. The summed E-state index contributed by atoms with van der Waals surface area (Å²) < 4.78 is 10.9. The Morgan fingerprint density at radius 1 is 1.11 bits per heavy atom. The van der Waals surface area contributed by atoms with Gasteiger partial charge in [-0.05, 0) is 41.3 Å². The predicted molar refractivity (Wildman–Crippen MR) is 136 cm³/mol. The molecule has 0 spiro atoms. The number of carbonyl (C=O) groups is 2. The normalized spacial score (nSPS) is 16.2. The van der Waals surface area contributed by atoms with Gasteiger partial charge in [-0.3, -0.25) is 14.5 Å². The molecule has 0 fully saturated rings. The zero-order valence-electron chi connectivity index (χ0n) is 20.1. The molecule has 2 aromatic heterocycles. The van der Waals surface area contributed by atoms with Gasteiger partial charge >= 0.3 is 0 Å². The van der Waals surface area contributed by atoms with E-state index in [1.807, 2.05) is 41.8 Å². The number of rotatable bonds is 8. The Kier molecular flexibility index (Phi) is 7.05. The van der Waals surface area contributed by atoms with Crippen molar-refractivity contribution < 1.29 is 24.2 Å². The lowest BCUT2D eigenvalue weighted by Crippen LogP contribution is -2.33. The number of methoxy groups -OCH3 is 1. The fourth-order valence-corrected chi connectivity index (χ4v) is 4.72. The molecule has 4 rings (SSSR count). The smallest absolute Gasteiger partial charge is 0.294 e. The van der Waals surface area contributed by atoms with Crippen LogP contribution in [0.3, 0.4) is 0 Å². The average molecular weight is 493 g/mol. The Morgan fingerprint density at radius 3 is 2.49 bits per heavy atom. The second-order valence-electron chi connectivity index (χ2n) is 9.18. The summed E-state index contributed by atoms with van der Waals surface area (Å²) in [6.07, 6.45) is 1.58. The van der Waals surface area contributed by atoms with Gasteiger partial charge in [-0.2, -0.15) is 0 Å². The number of aromatic nitrogens is 1. The number of aliphatic hydroxyl groups excluding tert-OH is 1. The summed E-state index contributed by atoms with van der Waals surface area (Å²) in [5, 5.41) is 13.0. The third kappa shape index (κ3) is 4.85. The van der Waals surface area contributed by atoms with Crippen molar-refractivity contribution in [2.24, 2.45) is 5.41 Å². The van der Waals surface area contributed by atoms with Crippen molar-refractivity contribution in [3.05, 3.63) is 77.0 Å². The van der Waals surface area contributed by atoms with E-state index in [9.17, 15) is 14.7 Å². The lowest BCUT2D eigenvalue weighted by Gasteiger charge is -2.29. The highest BCUT2D eigenvalue weighted by Gasteiger charge is 2.47. The van der Waals surface area contributed by atoms with Gasteiger partial charge in [0.1, 0.15) is 12.6 Å². The first-order chi connectivity index (χ1) is 16.7. The highest BCUT2D eigenvalue weighted by atomic mass is 32.1. The van der Waals surface area contributed by atoms with E-state index in [1.54, 1.807) is 57.5 Å². The number of nitrogens with zero attached hydrogens (tertiary/aromatic N) is 2. The Hall–Kier alpha value is -3.49. The molecule has 35 heavy (non-hydrogen) atoms. The maximum Gasteiger partial charge on any atom is 0.294 e. The maximum absolute atomic E-state index is 13.5. The van der Waals surface area contributed by atoms with Crippen LogP contribution in [-0.4, -0.2) is 42.1 Å². The number of ketones is 1. The molecule has 1 amide bonds. The van der Waals surface area contributed by atoms with Gasteiger partial charge in [0, 0.05) is 34.8 Å².